The van der Waals surface area contributed by atoms with E-state index >= 15 is 0 Å². The number of carbonyl (C=O) groups is 3. The van der Waals surface area contributed by atoms with Crippen molar-refractivity contribution in [2.75, 3.05) is 13.2 Å². The Hall–Kier alpha value is -3.15. The highest BCUT2D eigenvalue weighted by atomic mass is 16.5. The molecule has 1 aliphatic rings. The molecule has 0 spiro atoms. The van der Waals surface area contributed by atoms with E-state index in [9.17, 15) is 14.4 Å². The number of hydrogen-bond acceptors (Lipinski definition) is 4. The first-order chi connectivity index (χ1) is 14.7. The summed E-state index contributed by atoms with van der Waals surface area (Å²) in [5.74, 6) is -0.611. The van der Waals surface area contributed by atoms with E-state index in [1.807, 2.05) is 68.1 Å². The Bertz CT molecular complexity index is 917. The molecule has 0 aliphatic carbocycles. The largest absolute Gasteiger partial charge is 0.452 e. The van der Waals surface area contributed by atoms with Gasteiger partial charge in [0.2, 0.25) is 5.91 Å². The van der Waals surface area contributed by atoms with E-state index < -0.39 is 11.5 Å². The van der Waals surface area contributed by atoms with Gasteiger partial charge in [0, 0.05) is 31.6 Å². The first-order valence-electron chi connectivity index (χ1n) is 10.6. The van der Waals surface area contributed by atoms with Crippen molar-refractivity contribution in [3.8, 4) is 0 Å². The molecule has 3 rings (SSSR count). The highest BCUT2D eigenvalue weighted by Crippen LogP contribution is 2.18. The molecule has 0 aromatic heterocycles. The summed E-state index contributed by atoms with van der Waals surface area (Å²) in [4.78, 5) is 40.5. The van der Waals surface area contributed by atoms with Crippen molar-refractivity contribution in [1.29, 1.82) is 0 Å². The number of rotatable bonds is 7. The molecule has 1 heterocycles. The molecule has 2 aromatic carbocycles. The van der Waals surface area contributed by atoms with Crippen molar-refractivity contribution in [2.45, 2.75) is 52.2 Å². The van der Waals surface area contributed by atoms with Gasteiger partial charge in [-0.15, -0.1) is 0 Å². The van der Waals surface area contributed by atoms with Crippen molar-refractivity contribution in [2.24, 2.45) is 0 Å². The standard InChI is InChI=1S/C25H30N2O4/c1-25(2,3)27(17-19-8-5-4-6-9-19)23(29)18-31-24(30)21-13-11-20(12-14-21)16-26-15-7-10-22(26)28/h4-6,8-9,11-14H,7,10,15-18H2,1-3H3. The van der Waals surface area contributed by atoms with E-state index in [0.717, 1.165) is 24.1 Å². The number of nitrogens with zero attached hydrogens (tertiary/aromatic N) is 2. The summed E-state index contributed by atoms with van der Waals surface area (Å²) in [6.07, 6.45) is 1.50. The smallest absolute Gasteiger partial charge is 0.338 e. The summed E-state index contributed by atoms with van der Waals surface area (Å²) in [7, 11) is 0. The fraction of sp³-hybridized carbons (Fsp3) is 0.400. The quantitative estimate of drug-likeness (QED) is 0.637. The first-order valence-corrected chi connectivity index (χ1v) is 10.6. The van der Waals surface area contributed by atoms with Gasteiger partial charge in [0.25, 0.3) is 5.91 Å². The second-order valence-corrected chi connectivity index (χ2v) is 8.83. The van der Waals surface area contributed by atoms with E-state index in [1.165, 1.54) is 0 Å². The second-order valence-electron chi connectivity index (χ2n) is 8.83. The van der Waals surface area contributed by atoms with Crippen LogP contribution >= 0.6 is 0 Å². The summed E-state index contributed by atoms with van der Waals surface area (Å²) in [6.45, 7) is 7.33. The number of benzene rings is 2. The predicted molar refractivity (Wildman–Crippen MR) is 118 cm³/mol. The van der Waals surface area contributed by atoms with Crippen LogP contribution in [0.15, 0.2) is 54.6 Å². The lowest BCUT2D eigenvalue weighted by atomic mass is 10.0. The zero-order valence-corrected chi connectivity index (χ0v) is 18.5. The monoisotopic (exact) mass is 422 g/mol. The SMILES string of the molecule is CC(C)(C)N(Cc1ccccc1)C(=O)COC(=O)c1ccc(CN2CCCC2=O)cc1. The van der Waals surface area contributed by atoms with Crippen LogP contribution in [-0.2, 0) is 27.4 Å². The van der Waals surface area contributed by atoms with Gasteiger partial charge in [-0.05, 0) is 50.5 Å². The van der Waals surface area contributed by atoms with Crippen LogP contribution in [0.25, 0.3) is 0 Å². The van der Waals surface area contributed by atoms with Gasteiger partial charge in [-0.3, -0.25) is 9.59 Å². The fourth-order valence-electron chi connectivity index (χ4n) is 3.59. The molecule has 2 amide bonds. The van der Waals surface area contributed by atoms with Crippen molar-refractivity contribution < 1.29 is 19.1 Å². The maximum absolute atomic E-state index is 12.8. The third-order valence-corrected chi connectivity index (χ3v) is 5.36. The Balaban J connectivity index is 1.56. The molecular weight excluding hydrogens is 392 g/mol. The van der Waals surface area contributed by atoms with Gasteiger partial charge in [0.1, 0.15) is 0 Å². The molecule has 2 aromatic rings. The molecule has 0 bridgehead atoms. The van der Waals surface area contributed by atoms with Gasteiger partial charge in [0.15, 0.2) is 6.61 Å². The Labute approximate surface area is 183 Å². The lowest BCUT2D eigenvalue weighted by Crippen LogP contribution is -2.46. The van der Waals surface area contributed by atoms with Crippen LogP contribution in [0, 0.1) is 0 Å². The van der Waals surface area contributed by atoms with Gasteiger partial charge >= 0.3 is 5.97 Å². The molecule has 0 saturated carbocycles. The molecule has 6 nitrogen and oxygen atoms in total. The van der Waals surface area contributed by atoms with Crippen LogP contribution in [-0.4, -0.2) is 46.3 Å². The lowest BCUT2D eigenvalue weighted by molar-refractivity contribution is -0.140. The molecule has 164 valence electrons. The summed E-state index contributed by atoms with van der Waals surface area (Å²) in [6, 6.07) is 16.7. The Morgan fingerprint density at radius 2 is 1.68 bits per heavy atom. The van der Waals surface area contributed by atoms with Gasteiger partial charge in [-0.25, -0.2) is 4.79 Å². The van der Waals surface area contributed by atoms with Crippen LogP contribution in [0.3, 0.4) is 0 Å². The number of ether oxygens (including phenoxy) is 1. The predicted octanol–water partition coefficient (Wildman–Crippen LogP) is 3.79. The molecule has 1 aliphatic heterocycles. The number of likely N-dealkylation sites (tertiary alicyclic amines) is 1. The zero-order valence-electron chi connectivity index (χ0n) is 18.5. The lowest BCUT2D eigenvalue weighted by Gasteiger charge is -2.35. The molecule has 0 unspecified atom stereocenters. The average molecular weight is 423 g/mol. The number of amides is 2. The highest BCUT2D eigenvalue weighted by Gasteiger charge is 2.27. The molecule has 31 heavy (non-hydrogen) atoms. The molecule has 1 saturated heterocycles. The number of hydrogen-bond donors (Lipinski definition) is 0. The average Bonchev–Trinajstić information content (AvgIpc) is 3.15. The van der Waals surface area contributed by atoms with Crippen LogP contribution in [0.4, 0.5) is 0 Å². The minimum Gasteiger partial charge on any atom is -0.452 e. The third kappa shape index (κ3) is 6.17. The maximum atomic E-state index is 12.8. The Morgan fingerprint density at radius 1 is 1.00 bits per heavy atom. The third-order valence-electron chi connectivity index (χ3n) is 5.36. The topological polar surface area (TPSA) is 66.9 Å². The van der Waals surface area contributed by atoms with Crippen molar-refractivity contribution in [1.82, 2.24) is 9.80 Å². The van der Waals surface area contributed by atoms with E-state index in [-0.39, 0.29) is 18.4 Å². The van der Waals surface area contributed by atoms with Crippen LogP contribution < -0.4 is 0 Å². The molecule has 6 heteroatoms. The molecule has 0 N–H and O–H groups in total. The van der Waals surface area contributed by atoms with E-state index in [1.54, 1.807) is 17.0 Å². The van der Waals surface area contributed by atoms with Crippen LogP contribution in [0.5, 0.6) is 0 Å². The van der Waals surface area contributed by atoms with Crippen LogP contribution in [0.2, 0.25) is 0 Å². The molecule has 0 atom stereocenters. The van der Waals surface area contributed by atoms with Crippen molar-refractivity contribution >= 4 is 17.8 Å². The van der Waals surface area contributed by atoms with E-state index in [4.69, 9.17) is 4.74 Å². The molecular formula is C25H30N2O4. The van der Waals surface area contributed by atoms with E-state index in [0.29, 0.717) is 25.1 Å². The van der Waals surface area contributed by atoms with Crippen molar-refractivity contribution in [3.63, 3.8) is 0 Å². The minimum atomic E-state index is -0.536. The maximum Gasteiger partial charge on any atom is 0.338 e. The van der Waals surface area contributed by atoms with Crippen LogP contribution in [0.1, 0.15) is 55.1 Å². The highest BCUT2D eigenvalue weighted by molar-refractivity contribution is 5.91. The summed E-state index contributed by atoms with van der Waals surface area (Å²) < 4.78 is 5.30. The summed E-state index contributed by atoms with van der Waals surface area (Å²) in [5, 5.41) is 0. The van der Waals surface area contributed by atoms with Gasteiger partial charge in [-0.2, -0.15) is 0 Å². The van der Waals surface area contributed by atoms with Gasteiger partial charge < -0.3 is 14.5 Å². The normalized spacial score (nSPS) is 13.9. The van der Waals surface area contributed by atoms with Crippen molar-refractivity contribution in [3.05, 3.63) is 71.3 Å². The minimum absolute atomic E-state index is 0.168. The summed E-state index contributed by atoms with van der Waals surface area (Å²) >= 11 is 0. The fourth-order valence-corrected chi connectivity index (χ4v) is 3.59. The zero-order chi connectivity index (χ0) is 22.4. The summed E-state index contributed by atoms with van der Waals surface area (Å²) in [5.41, 5.74) is 1.96. The second kappa shape index (κ2) is 9.77. The Kier molecular flexibility index (Phi) is 7.10. The Morgan fingerprint density at radius 3 is 2.26 bits per heavy atom. The van der Waals surface area contributed by atoms with E-state index in [2.05, 4.69) is 0 Å². The van der Waals surface area contributed by atoms with Gasteiger partial charge in [0.05, 0.1) is 5.56 Å². The van der Waals surface area contributed by atoms with Gasteiger partial charge in [-0.1, -0.05) is 42.5 Å². The number of esters is 1. The molecule has 0 radical (unpaired) electrons. The number of carbonyl (C=O) groups excluding carboxylic acids is 3. The first kappa shape index (κ1) is 22.5. The molecule has 1 fully saturated rings.